The minimum absolute atomic E-state index is 0.443. The maximum atomic E-state index is 9.35. The minimum atomic E-state index is -0.443. The molecule has 0 bridgehead atoms. The van der Waals surface area contributed by atoms with Crippen LogP contribution in [0.3, 0.4) is 0 Å². The summed E-state index contributed by atoms with van der Waals surface area (Å²) in [5.74, 6) is 0.913. The number of aromatic nitrogens is 1. The van der Waals surface area contributed by atoms with E-state index in [1.54, 1.807) is 13.1 Å². The maximum Gasteiger partial charge on any atom is 0.128 e. The highest BCUT2D eigenvalue weighted by Gasteiger charge is 2.04. The summed E-state index contributed by atoms with van der Waals surface area (Å²) >= 11 is 0. The van der Waals surface area contributed by atoms with Crippen LogP contribution >= 0.6 is 0 Å². The first kappa shape index (κ1) is 11.0. The van der Waals surface area contributed by atoms with Gasteiger partial charge in [-0.2, -0.15) is 0 Å². The second-order valence-corrected chi connectivity index (χ2v) is 3.54. The Hall–Kier alpha value is -1.09. The van der Waals surface area contributed by atoms with Gasteiger partial charge in [-0.05, 0) is 37.5 Å². The van der Waals surface area contributed by atoms with E-state index in [1.807, 2.05) is 13.0 Å². The van der Waals surface area contributed by atoms with Crippen LogP contribution in [0.4, 0.5) is 5.82 Å². The highest BCUT2D eigenvalue weighted by atomic mass is 16.3. The fourth-order valence-electron chi connectivity index (χ4n) is 1.25. The molecule has 1 heterocycles. The lowest BCUT2D eigenvalue weighted by Crippen LogP contribution is -2.05. The van der Waals surface area contributed by atoms with Gasteiger partial charge in [-0.3, -0.25) is 0 Å². The molecule has 3 heteroatoms. The Balaban J connectivity index is 2.79. The topological polar surface area (TPSA) is 45.2 Å². The Morgan fingerprint density at radius 1 is 1.57 bits per heavy atom. The van der Waals surface area contributed by atoms with Crippen molar-refractivity contribution < 1.29 is 5.11 Å². The van der Waals surface area contributed by atoms with Crippen LogP contribution in [-0.2, 0) is 0 Å². The molecule has 0 unspecified atom stereocenters. The van der Waals surface area contributed by atoms with Gasteiger partial charge in [0.25, 0.3) is 0 Å². The molecule has 0 aliphatic heterocycles. The summed E-state index contributed by atoms with van der Waals surface area (Å²) in [7, 11) is 0. The second-order valence-electron chi connectivity index (χ2n) is 3.54. The molecule has 78 valence electrons. The lowest BCUT2D eigenvalue weighted by molar-refractivity contribution is 0.199. The second kappa shape index (κ2) is 4.96. The molecule has 0 amide bonds. The standard InChI is InChI=1S/C11H18N2O/c1-4-5-12-11-8(2)6-10(7-13-11)9(3)14/h6-7,9,14H,4-5H2,1-3H3,(H,12,13)/t9-/m0/s1. The van der Waals surface area contributed by atoms with Crippen LogP contribution in [0, 0.1) is 6.92 Å². The van der Waals surface area contributed by atoms with E-state index in [0.717, 1.165) is 29.9 Å². The Morgan fingerprint density at radius 3 is 2.79 bits per heavy atom. The van der Waals surface area contributed by atoms with Crippen LogP contribution in [-0.4, -0.2) is 16.6 Å². The molecule has 1 aromatic heterocycles. The van der Waals surface area contributed by atoms with Gasteiger partial charge in [0.05, 0.1) is 6.10 Å². The summed E-state index contributed by atoms with van der Waals surface area (Å²) in [6, 6.07) is 1.97. The number of aliphatic hydroxyl groups is 1. The van der Waals surface area contributed by atoms with Gasteiger partial charge in [-0.25, -0.2) is 4.98 Å². The number of hydrogen-bond acceptors (Lipinski definition) is 3. The zero-order valence-corrected chi connectivity index (χ0v) is 9.04. The van der Waals surface area contributed by atoms with Gasteiger partial charge in [0.2, 0.25) is 0 Å². The van der Waals surface area contributed by atoms with E-state index >= 15 is 0 Å². The predicted octanol–water partition coefficient (Wildman–Crippen LogP) is 2.27. The number of anilines is 1. The lowest BCUT2D eigenvalue weighted by Gasteiger charge is -2.10. The Kier molecular flexibility index (Phi) is 3.89. The summed E-state index contributed by atoms with van der Waals surface area (Å²) in [6.45, 7) is 6.79. The van der Waals surface area contributed by atoms with Crippen molar-refractivity contribution in [3.63, 3.8) is 0 Å². The number of rotatable bonds is 4. The number of aryl methyl sites for hydroxylation is 1. The van der Waals surface area contributed by atoms with Crippen molar-refractivity contribution in [1.82, 2.24) is 4.98 Å². The van der Waals surface area contributed by atoms with Gasteiger partial charge >= 0.3 is 0 Å². The van der Waals surface area contributed by atoms with Gasteiger partial charge in [0, 0.05) is 12.7 Å². The van der Waals surface area contributed by atoms with Gasteiger partial charge in [0.1, 0.15) is 5.82 Å². The molecule has 3 nitrogen and oxygen atoms in total. The van der Waals surface area contributed by atoms with E-state index in [2.05, 4.69) is 17.2 Å². The molecule has 1 atom stereocenters. The summed E-state index contributed by atoms with van der Waals surface area (Å²) in [5.41, 5.74) is 1.95. The molecule has 0 spiro atoms. The van der Waals surface area contributed by atoms with Gasteiger partial charge in [-0.15, -0.1) is 0 Å². The number of hydrogen-bond donors (Lipinski definition) is 2. The predicted molar refractivity (Wildman–Crippen MR) is 58.4 cm³/mol. The van der Waals surface area contributed by atoms with E-state index in [1.165, 1.54) is 0 Å². The van der Waals surface area contributed by atoms with Crippen LogP contribution in [0.15, 0.2) is 12.3 Å². The summed E-state index contributed by atoms with van der Waals surface area (Å²) < 4.78 is 0. The van der Waals surface area contributed by atoms with Crippen molar-refractivity contribution in [3.05, 3.63) is 23.4 Å². The molecule has 0 radical (unpaired) electrons. The van der Waals surface area contributed by atoms with E-state index in [9.17, 15) is 5.11 Å². The first-order valence-electron chi connectivity index (χ1n) is 5.03. The van der Waals surface area contributed by atoms with Gasteiger partial charge < -0.3 is 10.4 Å². The van der Waals surface area contributed by atoms with Crippen LogP contribution < -0.4 is 5.32 Å². The SMILES string of the molecule is CCCNc1ncc([C@H](C)O)cc1C. The average Bonchev–Trinajstić information content (AvgIpc) is 2.15. The van der Waals surface area contributed by atoms with Crippen LogP contribution in [0.2, 0.25) is 0 Å². The number of nitrogens with zero attached hydrogens (tertiary/aromatic N) is 1. The highest BCUT2D eigenvalue weighted by molar-refractivity contribution is 5.44. The highest BCUT2D eigenvalue weighted by Crippen LogP contribution is 2.17. The molecule has 0 aliphatic carbocycles. The minimum Gasteiger partial charge on any atom is -0.389 e. The number of aliphatic hydroxyl groups excluding tert-OH is 1. The van der Waals surface area contributed by atoms with E-state index in [-0.39, 0.29) is 0 Å². The van der Waals surface area contributed by atoms with E-state index in [4.69, 9.17) is 0 Å². The van der Waals surface area contributed by atoms with Crippen molar-refractivity contribution >= 4 is 5.82 Å². The third kappa shape index (κ3) is 2.70. The summed E-state index contributed by atoms with van der Waals surface area (Å²) in [6.07, 6.45) is 2.36. The largest absolute Gasteiger partial charge is 0.389 e. The van der Waals surface area contributed by atoms with Crippen molar-refractivity contribution in [2.75, 3.05) is 11.9 Å². The average molecular weight is 194 g/mol. The smallest absolute Gasteiger partial charge is 0.128 e. The quantitative estimate of drug-likeness (QED) is 0.772. The fourth-order valence-corrected chi connectivity index (χ4v) is 1.25. The van der Waals surface area contributed by atoms with Crippen LogP contribution in [0.25, 0.3) is 0 Å². The summed E-state index contributed by atoms with van der Waals surface area (Å²) in [5, 5.41) is 12.6. The van der Waals surface area contributed by atoms with Crippen molar-refractivity contribution in [1.29, 1.82) is 0 Å². The third-order valence-electron chi connectivity index (χ3n) is 2.12. The normalized spacial score (nSPS) is 12.6. The molecule has 0 aromatic carbocycles. The molecule has 14 heavy (non-hydrogen) atoms. The zero-order valence-electron chi connectivity index (χ0n) is 9.04. The van der Waals surface area contributed by atoms with Crippen molar-refractivity contribution in [2.45, 2.75) is 33.3 Å². The number of nitrogens with one attached hydrogen (secondary N) is 1. The molecule has 0 aliphatic rings. The van der Waals surface area contributed by atoms with Crippen LogP contribution in [0.5, 0.6) is 0 Å². The lowest BCUT2D eigenvalue weighted by atomic mass is 10.1. The molecule has 1 aromatic rings. The van der Waals surface area contributed by atoms with Crippen molar-refractivity contribution in [2.24, 2.45) is 0 Å². The fraction of sp³-hybridized carbons (Fsp3) is 0.545. The molecule has 0 saturated heterocycles. The van der Waals surface area contributed by atoms with E-state index < -0.39 is 6.10 Å². The molecule has 0 fully saturated rings. The monoisotopic (exact) mass is 194 g/mol. The Bertz CT molecular complexity index is 297. The van der Waals surface area contributed by atoms with Crippen molar-refractivity contribution in [3.8, 4) is 0 Å². The molecular formula is C11H18N2O. The molecule has 0 saturated carbocycles. The Morgan fingerprint density at radius 2 is 2.29 bits per heavy atom. The Labute approximate surface area is 85.2 Å². The molecule has 2 N–H and O–H groups in total. The summed E-state index contributed by atoms with van der Waals surface area (Å²) in [4.78, 5) is 4.27. The molecule has 1 rings (SSSR count). The van der Waals surface area contributed by atoms with Gasteiger partial charge in [-0.1, -0.05) is 6.92 Å². The van der Waals surface area contributed by atoms with Gasteiger partial charge in [0.15, 0.2) is 0 Å². The number of pyridine rings is 1. The van der Waals surface area contributed by atoms with E-state index in [0.29, 0.717) is 0 Å². The zero-order chi connectivity index (χ0) is 10.6. The first-order chi connectivity index (χ1) is 6.65. The maximum absolute atomic E-state index is 9.35. The first-order valence-corrected chi connectivity index (χ1v) is 5.03. The van der Waals surface area contributed by atoms with Crippen LogP contribution in [0.1, 0.15) is 37.5 Å². The molecular weight excluding hydrogens is 176 g/mol. The third-order valence-corrected chi connectivity index (χ3v) is 2.12.